The number of benzene rings is 1. The zero-order valence-electron chi connectivity index (χ0n) is 11.1. The fourth-order valence-corrected chi connectivity index (χ4v) is 2.86. The van der Waals surface area contributed by atoms with Crippen molar-refractivity contribution in [3.05, 3.63) is 29.3 Å². The molecule has 0 bridgehead atoms. The molecule has 19 heavy (non-hydrogen) atoms. The number of hydrogen-bond acceptors (Lipinski definition) is 4. The monoisotopic (exact) mass is 301 g/mol. The lowest BCUT2D eigenvalue weighted by Gasteiger charge is -2.10. The Labute approximate surface area is 119 Å². The molecule has 0 saturated carbocycles. The number of rotatable bonds is 7. The van der Waals surface area contributed by atoms with Crippen molar-refractivity contribution in [2.24, 2.45) is 5.73 Å². The van der Waals surface area contributed by atoms with E-state index in [1.54, 1.807) is 6.92 Å². The Hall–Kier alpha value is -1.18. The van der Waals surface area contributed by atoms with E-state index in [9.17, 15) is 8.42 Å². The molecular weight excluding hydrogens is 282 g/mol. The Bertz CT molecular complexity index is 556. The second-order valence-electron chi connectivity index (χ2n) is 4.14. The molecule has 5 nitrogen and oxygen atoms in total. The molecule has 0 heterocycles. The Morgan fingerprint density at radius 1 is 1.42 bits per heavy atom. The summed E-state index contributed by atoms with van der Waals surface area (Å²) in [6.45, 7) is 4.42. The molecule has 0 unspecified atom stereocenters. The van der Waals surface area contributed by atoms with Crippen LogP contribution in [0.5, 0.6) is 0 Å². The predicted octanol–water partition coefficient (Wildman–Crippen LogP) is 0.980. The first-order chi connectivity index (χ1) is 8.85. The first-order valence-corrected chi connectivity index (χ1v) is 8.03. The summed E-state index contributed by atoms with van der Waals surface area (Å²) in [5, 5.41) is 3.06. The molecule has 1 rings (SSSR count). The molecule has 0 amide bonds. The van der Waals surface area contributed by atoms with Crippen molar-refractivity contribution in [2.45, 2.75) is 13.8 Å². The van der Waals surface area contributed by atoms with E-state index in [0.29, 0.717) is 18.1 Å². The van der Waals surface area contributed by atoms with E-state index >= 15 is 0 Å². The second kappa shape index (κ2) is 6.83. The third-order valence-corrected chi connectivity index (χ3v) is 4.25. The van der Waals surface area contributed by atoms with Gasteiger partial charge in [0.1, 0.15) is 4.99 Å². The average molecular weight is 301 g/mol. The van der Waals surface area contributed by atoms with Gasteiger partial charge in [-0.05, 0) is 30.7 Å². The summed E-state index contributed by atoms with van der Waals surface area (Å²) in [5.41, 5.74) is 8.23. The second-order valence-corrected chi connectivity index (χ2v) is 6.50. The summed E-state index contributed by atoms with van der Waals surface area (Å²) in [5.74, 6) is 0.0386. The molecule has 0 aromatic heterocycles. The van der Waals surface area contributed by atoms with Crippen molar-refractivity contribution < 1.29 is 8.42 Å². The van der Waals surface area contributed by atoms with Gasteiger partial charge in [-0.3, -0.25) is 0 Å². The molecule has 0 aliphatic heterocycles. The van der Waals surface area contributed by atoms with Gasteiger partial charge in [-0.2, -0.15) is 0 Å². The molecule has 7 heteroatoms. The van der Waals surface area contributed by atoms with Crippen LogP contribution in [0.4, 0.5) is 5.69 Å². The van der Waals surface area contributed by atoms with Crippen LogP contribution in [0.25, 0.3) is 0 Å². The SMILES string of the molecule is CCNS(=O)(=O)CCNc1ccc(C(N)=S)c(C)c1. The van der Waals surface area contributed by atoms with Crippen molar-refractivity contribution in [3.63, 3.8) is 0 Å². The molecule has 0 atom stereocenters. The number of nitrogens with two attached hydrogens (primary N) is 1. The summed E-state index contributed by atoms with van der Waals surface area (Å²) in [7, 11) is -3.19. The van der Waals surface area contributed by atoms with Gasteiger partial charge in [0.2, 0.25) is 10.0 Å². The third kappa shape index (κ3) is 5.14. The van der Waals surface area contributed by atoms with Gasteiger partial charge < -0.3 is 11.1 Å². The quantitative estimate of drug-likeness (QED) is 0.654. The number of anilines is 1. The zero-order valence-corrected chi connectivity index (χ0v) is 12.7. The van der Waals surface area contributed by atoms with Crippen LogP contribution in [0.1, 0.15) is 18.1 Å². The van der Waals surface area contributed by atoms with Gasteiger partial charge in [0.15, 0.2) is 0 Å². The molecule has 1 aromatic carbocycles. The van der Waals surface area contributed by atoms with Gasteiger partial charge >= 0.3 is 0 Å². The van der Waals surface area contributed by atoms with E-state index < -0.39 is 10.0 Å². The predicted molar refractivity (Wildman–Crippen MR) is 83.0 cm³/mol. The fourth-order valence-electron chi connectivity index (χ4n) is 1.67. The third-order valence-electron chi connectivity index (χ3n) is 2.56. The van der Waals surface area contributed by atoms with Crippen LogP contribution in [-0.2, 0) is 10.0 Å². The highest BCUT2D eigenvalue weighted by atomic mass is 32.2. The molecule has 0 aliphatic rings. The lowest BCUT2D eigenvalue weighted by Crippen LogP contribution is -2.29. The minimum absolute atomic E-state index is 0.0386. The minimum Gasteiger partial charge on any atom is -0.389 e. The first kappa shape index (κ1) is 15.9. The van der Waals surface area contributed by atoms with Crippen LogP contribution >= 0.6 is 12.2 Å². The van der Waals surface area contributed by atoms with Crippen LogP contribution in [0, 0.1) is 6.92 Å². The molecular formula is C12H19N3O2S2. The van der Waals surface area contributed by atoms with Gasteiger partial charge in [0.25, 0.3) is 0 Å². The smallest absolute Gasteiger partial charge is 0.213 e. The zero-order chi connectivity index (χ0) is 14.5. The van der Waals surface area contributed by atoms with Crippen LogP contribution in [0.15, 0.2) is 18.2 Å². The van der Waals surface area contributed by atoms with Gasteiger partial charge in [-0.1, -0.05) is 19.1 Å². The maximum atomic E-state index is 11.4. The van der Waals surface area contributed by atoms with Crippen molar-refractivity contribution in [1.29, 1.82) is 0 Å². The molecule has 106 valence electrons. The molecule has 4 N–H and O–H groups in total. The maximum Gasteiger partial charge on any atom is 0.213 e. The van der Waals surface area contributed by atoms with E-state index in [0.717, 1.165) is 16.8 Å². The minimum atomic E-state index is -3.19. The van der Waals surface area contributed by atoms with Gasteiger partial charge in [0.05, 0.1) is 5.75 Å². The number of thiocarbonyl (C=S) groups is 1. The normalized spacial score (nSPS) is 11.3. The van der Waals surface area contributed by atoms with E-state index in [-0.39, 0.29) is 5.75 Å². The fraction of sp³-hybridized carbons (Fsp3) is 0.417. The van der Waals surface area contributed by atoms with Crippen molar-refractivity contribution in [2.75, 3.05) is 24.2 Å². The summed E-state index contributed by atoms with van der Waals surface area (Å²) in [6, 6.07) is 5.56. The van der Waals surface area contributed by atoms with Crippen LogP contribution in [-0.4, -0.2) is 32.2 Å². The number of hydrogen-bond donors (Lipinski definition) is 3. The lowest BCUT2D eigenvalue weighted by molar-refractivity contribution is 0.584. The van der Waals surface area contributed by atoms with Crippen molar-refractivity contribution >= 4 is 32.9 Å². The van der Waals surface area contributed by atoms with Crippen LogP contribution in [0.2, 0.25) is 0 Å². The highest BCUT2D eigenvalue weighted by molar-refractivity contribution is 7.89. The van der Waals surface area contributed by atoms with E-state index in [1.807, 2.05) is 25.1 Å². The Balaban J connectivity index is 2.60. The van der Waals surface area contributed by atoms with Gasteiger partial charge in [-0.25, -0.2) is 13.1 Å². The molecule has 0 spiro atoms. The summed E-state index contributed by atoms with van der Waals surface area (Å²) in [4.78, 5) is 0.360. The number of nitrogens with one attached hydrogen (secondary N) is 2. The molecule has 0 radical (unpaired) electrons. The van der Waals surface area contributed by atoms with Gasteiger partial charge in [0, 0.05) is 24.3 Å². The number of aryl methyl sites for hydroxylation is 1. The highest BCUT2D eigenvalue weighted by Gasteiger charge is 2.08. The standard InChI is InChI=1S/C12H19N3O2S2/c1-3-15-19(16,17)7-6-14-10-4-5-11(12(13)18)9(2)8-10/h4-5,8,14-15H,3,6-7H2,1-2H3,(H2,13,18). The van der Waals surface area contributed by atoms with E-state index in [2.05, 4.69) is 10.0 Å². The van der Waals surface area contributed by atoms with Gasteiger partial charge in [-0.15, -0.1) is 0 Å². The summed E-state index contributed by atoms with van der Waals surface area (Å²) < 4.78 is 25.3. The Morgan fingerprint density at radius 2 is 2.11 bits per heavy atom. The molecule has 1 aromatic rings. The maximum absolute atomic E-state index is 11.4. The molecule has 0 saturated heterocycles. The molecule has 0 aliphatic carbocycles. The average Bonchev–Trinajstić information content (AvgIpc) is 2.28. The first-order valence-electron chi connectivity index (χ1n) is 5.97. The van der Waals surface area contributed by atoms with Crippen LogP contribution < -0.4 is 15.8 Å². The summed E-state index contributed by atoms with van der Waals surface area (Å²) >= 11 is 4.93. The summed E-state index contributed by atoms with van der Waals surface area (Å²) in [6.07, 6.45) is 0. The molecule has 0 fully saturated rings. The van der Waals surface area contributed by atoms with Crippen LogP contribution in [0.3, 0.4) is 0 Å². The van der Waals surface area contributed by atoms with Crippen molar-refractivity contribution in [3.8, 4) is 0 Å². The largest absolute Gasteiger partial charge is 0.389 e. The lowest BCUT2D eigenvalue weighted by atomic mass is 10.1. The van der Waals surface area contributed by atoms with E-state index in [4.69, 9.17) is 18.0 Å². The Kier molecular flexibility index (Phi) is 5.71. The van der Waals surface area contributed by atoms with Crippen molar-refractivity contribution in [1.82, 2.24) is 4.72 Å². The van der Waals surface area contributed by atoms with E-state index in [1.165, 1.54) is 0 Å². The Morgan fingerprint density at radius 3 is 2.63 bits per heavy atom. The number of sulfonamides is 1. The highest BCUT2D eigenvalue weighted by Crippen LogP contribution is 2.14. The topological polar surface area (TPSA) is 84.2 Å².